The number of hydrogen-bond donors (Lipinski definition) is 2. The Morgan fingerprint density at radius 3 is 0.857 bits per heavy atom. The van der Waals surface area contributed by atoms with Crippen LogP contribution in [0.3, 0.4) is 0 Å². The quantitative estimate of drug-likeness (QED) is 0.116. The SMILES string of the molecule is O=C([O-])CC(O)(CC(=O)OC(CC(=O)[O-])(CC(=O)[O-])C(=O)[O-])C(=O)[O-].O=C([O-])CC(O)(CC(=O)[O-])C(=O)[O-].[Mg+2].[Mg+2].[Mg+2].[Mg+2]. The van der Waals surface area contributed by atoms with Crippen LogP contribution in [-0.4, -0.2) is 173 Å². The molecule has 42 heavy (non-hydrogen) atoms. The van der Waals surface area contributed by atoms with Gasteiger partial charge in [0.1, 0.15) is 11.2 Å². The van der Waals surface area contributed by atoms with Gasteiger partial charge in [-0.2, -0.15) is 0 Å². The minimum atomic E-state index is -3.39. The number of ether oxygens (including phenoxy) is 1. The van der Waals surface area contributed by atoms with Crippen molar-refractivity contribution in [3.05, 3.63) is 0 Å². The zero-order chi connectivity index (χ0) is 30.6. The first-order valence-electron chi connectivity index (χ1n) is 9.32. The molecular formula is C18H14Mg4O20. The number of aliphatic hydroxyl groups is 2. The molecule has 0 bridgehead atoms. The molecule has 0 aromatic rings. The summed E-state index contributed by atoms with van der Waals surface area (Å²) in [7, 11) is 0. The summed E-state index contributed by atoms with van der Waals surface area (Å²) in [4.78, 5) is 95.0. The van der Waals surface area contributed by atoms with Crippen LogP contribution in [0.15, 0.2) is 0 Å². The van der Waals surface area contributed by atoms with Crippen LogP contribution in [0.2, 0.25) is 0 Å². The van der Waals surface area contributed by atoms with Crippen LogP contribution in [-0.2, 0) is 47.9 Å². The predicted molar refractivity (Wildman–Crippen MR) is 109 cm³/mol. The Hall–Kier alpha value is -1.79. The Balaban J connectivity index is -0.000000164. The third kappa shape index (κ3) is 20.2. The van der Waals surface area contributed by atoms with E-state index in [-0.39, 0.29) is 92.2 Å². The molecule has 214 valence electrons. The van der Waals surface area contributed by atoms with Gasteiger partial charge in [-0.3, -0.25) is 4.79 Å². The monoisotopic (exact) mass is 646 g/mol. The molecule has 1 atom stereocenters. The molecule has 0 aliphatic carbocycles. The summed E-state index contributed by atoms with van der Waals surface area (Å²) in [6.45, 7) is 0. The van der Waals surface area contributed by atoms with Crippen molar-refractivity contribution in [2.75, 3.05) is 0 Å². The first-order valence-corrected chi connectivity index (χ1v) is 9.32. The van der Waals surface area contributed by atoms with Crippen molar-refractivity contribution in [1.29, 1.82) is 0 Å². The second-order valence-electron chi connectivity index (χ2n) is 7.31. The van der Waals surface area contributed by atoms with Crippen molar-refractivity contribution in [3.8, 4) is 0 Å². The van der Waals surface area contributed by atoms with Crippen LogP contribution in [0, 0.1) is 0 Å². The van der Waals surface area contributed by atoms with Crippen LogP contribution in [0.4, 0.5) is 0 Å². The number of esters is 1. The Morgan fingerprint density at radius 2 is 0.667 bits per heavy atom. The number of carbonyl (C=O) groups is 9. The van der Waals surface area contributed by atoms with Crippen molar-refractivity contribution in [2.45, 2.75) is 55.3 Å². The largest absolute Gasteiger partial charge is 2.00 e. The van der Waals surface area contributed by atoms with Crippen molar-refractivity contribution in [1.82, 2.24) is 0 Å². The standard InChI is InChI=1S/C12H14O13.C6H8O7.4Mg/c13-5(14)1-11(24,9(20)21)4-8(19)25-12(10(22)23,2-6(15)16)3-7(17)18;7-3(8)1-6(13,5(11)12)2-4(9)10;;;;/h24H,1-4H2,(H,13,14)(H,15,16)(H,17,18)(H,20,21)(H,22,23);13H,1-2H2,(H,7,8)(H,9,10)(H,11,12);;;;/q;;4*+2/p-8. The van der Waals surface area contributed by atoms with Gasteiger partial charge in [0.25, 0.3) is 0 Å². The molecule has 0 aromatic heterocycles. The minimum absolute atomic E-state index is 0. The summed E-state index contributed by atoms with van der Waals surface area (Å²) in [6.07, 6.45) is -9.52. The summed E-state index contributed by atoms with van der Waals surface area (Å²) < 4.78 is 4.14. The molecule has 0 fully saturated rings. The number of rotatable bonds is 16. The molecule has 0 rings (SSSR count). The van der Waals surface area contributed by atoms with E-state index in [9.17, 15) is 89.1 Å². The molecule has 0 aliphatic heterocycles. The summed E-state index contributed by atoms with van der Waals surface area (Å²) in [5, 5.41) is 102. The van der Waals surface area contributed by atoms with E-state index in [1.165, 1.54) is 0 Å². The van der Waals surface area contributed by atoms with Gasteiger partial charge in [-0.25, -0.2) is 0 Å². The summed E-state index contributed by atoms with van der Waals surface area (Å²) in [5.41, 5.74) is -9.71. The number of carboxylic acid groups (broad SMARTS) is 8. The van der Waals surface area contributed by atoms with E-state index in [1.54, 1.807) is 0 Å². The van der Waals surface area contributed by atoms with Crippen molar-refractivity contribution >= 4 is 146 Å². The van der Waals surface area contributed by atoms with E-state index in [2.05, 4.69) is 4.74 Å². The van der Waals surface area contributed by atoms with E-state index >= 15 is 0 Å². The molecule has 2 N–H and O–H groups in total. The predicted octanol–water partition coefficient (Wildman–Crippen LogP) is -15.5. The molecular weight excluding hydrogens is 633 g/mol. The molecule has 0 saturated heterocycles. The zero-order valence-electron chi connectivity index (χ0n) is 21.3. The maximum Gasteiger partial charge on any atom is 2.00 e. The maximum absolute atomic E-state index is 11.6. The van der Waals surface area contributed by atoms with Crippen molar-refractivity contribution in [2.24, 2.45) is 0 Å². The van der Waals surface area contributed by atoms with Gasteiger partial charge in [0.05, 0.1) is 24.3 Å². The van der Waals surface area contributed by atoms with Gasteiger partial charge < -0.3 is 94.2 Å². The molecule has 0 aromatic carbocycles. The van der Waals surface area contributed by atoms with Gasteiger partial charge >= 0.3 is 98.2 Å². The number of carboxylic acids is 8. The Kier molecular flexibility index (Phi) is 28.6. The third-order valence-electron chi connectivity index (χ3n) is 4.05. The third-order valence-corrected chi connectivity index (χ3v) is 4.05. The normalized spacial score (nSPS) is 11.3. The van der Waals surface area contributed by atoms with E-state index in [1.807, 2.05) is 0 Å². The Labute approximate surface area is 298 Å². The molecule has 0 saturated carbocycles. The van der Waals surface area contributed by atoms with E-state index in [4.69, 9.17) is 5.11 Å². The number of aliphatic carboxylic acids is 8. The fourth-order valence-electron chi connectivity index (χ4n) is 2.41. The minimum Gasteiger partial charge on any atom is -0.550 e. The summed E-state index contributed by atoms with van der Waals surface area (Å²) >= 11 is 0. The van der Waals surface area contributed by atoms with Crippen LogP contribution < -0.4 is 40.9 Å². The average molecular weight is 648 g/mol. The number of carbonyl (C=O) groups excluding carboxylic acids is 9. The molecule has 0 aliphatic rings. The van der Waals surface area contributed by atoms with Crippen LogP contribution in [0.5, 0.6) is 0 Å². The van der Waals surface area contributed by atoms with Crippen LogP contribution in [0.25, 0.3) is 0 Å². The smallest absolute Gasteiger partial charge is 0.550 e. The van der Waals surface area contributed by atoms with Gasteiger partial charge in [0.15, 0.2) is 5.60 Å². The van der Waals surface area contributed by atoms with Gasteiger partial charge in [-0.05, 0) is 0 Å². The fraction of sp³-hybridized carbons (Fsp3) is 0.500. The van der Waals surface area contributed by atoms with E-state index < -0.39 is 109 Å². The van der Waals surface area contributed by atoms with Gasteiger partial charge in [0.2, 0.25) is 0 Å². The van der Waals surface area contributed by atoms with E-state index in [0.29, 0.717) is 0 Å². The molecule has 0 radical (unpaired) electrons. The maximum atomic E-state index is 11.6. The molecule has 0 spiro atoms. The van der Waals surface area contributed by atoms with Gasteiger partial charge in [-0.15, -0.1) is 0 Å². The topological polar surface area (TPSA) is 388 Å². The number of hydrogen-bond acceptors (Lipinski definition) is 20. The Bertz CT molecular complexity index is 981. The van der Waals surface area contributed by atoms with Crippen LogP contribution >= 0.6 is 0 Å². The molecule has 24 heteroatoms. The van der Waals surface area contributed by atoms with Crippen LogP contribution in [0.1, 0.15) is 38.5 Å². The van der Waals surface area contributed by atoms with Gasteiger partial charge in [0, 0.05) is 62.0 Å². The van der Waals surface area contributed by atoms with E-state index in [0.717, 1.165) is 0 Å². The molecule has 0 amide bonds. The average Bonchev–Trinajstić information content (AvgIpc) is 2.64. The molecule has 20 nitrogen and oxygen atoms in total. The second-order valence-corrected chi connectivity index (χ2v) is 7.31. The summed E-state index contributed by atoms with van der Waals surface area (Å²) in [6, 6.07) is 0. The molecule has 0 heterocycles. The van der Waals surface area contributed by atoms with Gasteiger partial charge in [-0.1, -0.05) is 0 Å². The molecule has 1 unspecified atom stereocenters. The fourth-order valence-corrected chi connectivity index (χ4v) is 2.41. The Morgan fingerprint density at radius 1 is 0.429 bits per heavy atom. The first kappa shape index (κ1) is 52.8. The first-order chi connectivity index (χ1) is 17.0. The zero-order valence-corrected chi connectivity index (χ0v) is 27.0. The second kappa shape index (κ2) is 22.7. The summed E-state index contributed by atoms with van der Waals surface area (Å²) in [5.74, 6) is -19.4. The van der Waals surface area contributed by atoms with Crippen molar-refractivity contribution < 1.29 is 99.0 Å². The van der Waals surface area contributed by atoms with Crippen molar-refractivity contribution in [3.63, 3.8) is 0 Å².